The summed E-state index contributed by atoms with van der Waals surface area (Å²) in [6.45, 7) is 8.97. The van der Waals surface area contributed by atoms with E-state index in [1.807, 2.05) is 6.07 Å². The van der Waals surface area contributed by atoms with Gasteiger partial charge in [0.05, 0.1) is 5.41 Å². The van der Waals surface area contributed by atoms with Crippen LogP contribution in [0.3, 0.4) is 0 Å². The molecule has 0 N–H and O–H groups in total. The average molecular weight is 268 g/mol. The Morgan fingerprint density at radius 1 is 1.15 bits per heavy atom. The van der Waals surface area contributed by atoms with Crippen molar-refractivity contribution in [2.45, 2.75) is 47.0 Å². The average Bonchev–Trinajstić information content (AvgIpc) is 2.81. The van der Waals surface area contributed by atoms with Crippen LogP contribution in [0.25, 0.3) is 5.57 Å². The van der Waals surface area contributed by atoms with Gasteiger partial charge in [-0.05, 0) is 49.2 Å². The van der Waals surface area contributed by atoms with Gasteiger partial charge in [0.15, 0.2) is 0 Å². The molecule has 1 aromatic rings. The van der Waals surface area contributed by atoms with Crippen molar-refractivity contribution in [3.05, 3.63) is 41.5 Å². The molecule has 3 rings (SSSR count). The Kier molecular flexibility index (Phi) is 2.93. The van der Waals surface area contributed by atoms with Gasteiger partial charge in [-0.15, -0.1) is 0 Å². The maximum atomic E-state index is 12.7. The molecule has 2 atom stereocenters. The lowest BCUT2D eigenvalue weighted by Gasteiger charge is -2.38. The number of fused-ring (bicyclic) bond motifs is 2. The summed E-state index contributed by atoms with van der Waals surface area (Å²) in [5.41, 5.74) is 3.74. The van der Waals surface area contributed by atoms with Crippen LogP contribution >= 0.6 is 0 Å². The third-order valence-electron chi connectivity index (χ3n) is 6.31. The van der Waals surface area contributed by atoms with Crippen molar-refractivity contribution in [1.29, 1.82) is 0 Å². The number of allylic oxidation sites excluding steroid dienone is 2. The maximum absolute atomic E-state index is 12.7. The lowest BCUT2D eigenvalue weighted by atomic mass is 9.63. The summed E-state index contributed by atoms with van der Waals surface area (Å²) in [6.07, 6.45) is 3.03. The molecule has 0 heterocycles. The maximum Gasteiger partial charge on any atom is 0.143 e. The van der Waals surface area contributed by atoms with Crippen LogP contribution < -0.4 is 0 Å². The minimum atomic E-state index is -0.211. The normalized spacial score (nSPS) is 32.4. The Hall–Kier alpha value is -1.37. The van der Waals surface area contributed by atoms with Crippen LogP contribution in [-0.2, 0) is 4.79 Å². The molecule has 0 spiro atoms. The molecule has 2 unspecified atom stereocenters. The van der Waals surface area contributed by atoms with Gasteiger partial charge in [-0.1, -0.05) is 49.8 Å². The van der Waals surface area contributed by atoms with Crippen molar-refractivity contribution in [3.63, 3.8) is 0 Å². The molecule has 106 valence electrons. The Bertz CT molecular complexity index is 579. The van der Waals surface area contributed by atoms with E-state index in [0.29, 0.717) is 11.7 Å². The van der Waals surface area contributed by atoms with Crippen LogP contribution in [0.15, 0.2) is 35.9 Å². The molecule has 1 nitrogen and oxygen atoms in total. The number of carbonyl (C=O) groups excluding carboxylic acids is 1. The number of carbonyl (C=O) groups is 1. The zero-order chi connectivity index (χ0) is 14.5. The topological polar surface area (TPSA) is 17.1 Å². The highest BCUT2D eigenvalue weighted by atomic mass is 16.1. The van der Waals surface area contributed by atoms with Crippen LogP contribution in [0.1, 0.15) is 52.5 Å². The van der Waals surface area contributed by atoms with Crippen LogP contribution in [-0.4, -0.2) is 5.78 Å². The van der Waals surface area contributed by atoms with Gasteiger partial charge in [-0.3, -0.25) is 4.79 Å². The molecule has 0 amide bonds. The molecule has 1 aromatic carbocycles. The molecular weight excluding hydrogens is 244 g/mol. The van der Waals surface area contributed by atoms with Crippen LogP contribution in [0.4, 0.5) is 0 Å². The van der Waals surface area contributed by atoms with E-state index in [-0.39, 0.29) is 10.8 Å². The summed E-state index contributed by atoms with van der Waals surface area (Å²) >= 11 is 0. The molecule has 0 aromatic heterocycles. The number of hydrogen-bond donors (Lipinski definition) is 0. The lowest BCUT2D eigenvalue weighted by Crippen LogP contribution is -2.37. The minimum Gasteiger partial charge on any atom is -0.299 e. The van der Waals surface area contributed by atoms with Gasteiger partial charge in [0.25, 0.3) is 0 Å². The first kappa shape index (κ1) is 13.6. The third kappa shape index (κ3) is 1.52. The lowest BCUT2D eigenvalue weighted by molar-refractivity contribution is -0.127. The Labute approximate surface area is 122 Å². The summed E-state index contributed by atoms with van der Waals surface area (Å²) in [7, 11) is 0. The second-order valence-corrected chi connectivity index (χ2v) is 7.11. The first-order valence-electron chi connectivity index (χ1n) is 7.68. The fourth-order valence-electron chi connectivity index (χ4n) is 4.78. The summed E-state index contributed by atoms with van der Waals surface area (Å²) in [6, 6.07) is 10.5. The van der Waals surface area contributed by atoms with Gasteiger partial charge in [0.1, 0.15) is 5.78 Å². The van der Waals surface area contributed by atoms with E-state index in [1.165, 1.54) is 23.1 Å². The van der Waals surface area contributed by atoms with Gasteiger partial charge in [0.2, 0.25) is 0 Å². The van der Waals surface area contributed by atoms with Gasteiger partial charge >= 0.3 is 0 Å². The van der Waals surface area contributed by atoms with Crippen molar-refractivity contribution < 1.29 is 4.79 Å². The highest BCUT2D eigenvalue weighted by Crippen LogP contribution is 2.67. The number of rotatable bonds is 2. The Balaban J connectivity index is 2.14. The minimum absolute atomic E-state index is 0.115. The molecule has 2 fully saturated rings. The van der Waals surface area contributed by atoms with E-state index >= 15 is 0 Å². The van der Waals surface area contributed by atoms with Crippen molar-refractivity contribution in [1.82, 2.24) is 0 Å². The highest BCUT2D eigenvalue weighted by molar-refractivity contribution is 5.94. The quantitative estimate of drug-likeness (QED) is 0.747. The number of Topliss-reactive ketones (excluding diaryl/α,β-unsaturated/α-hetero) is 1. The molecular formula is C19H24O. The van der Waals surface area contributed by atoms with Gasteiger partial charge < -0.3 is 0 Å². The molecule has 0 aliphatic heterocycles. The fraction of sp³-hybridized carbons (Fsp3) is 0.526. The first-order chi connectivity index (χ1) is 9.41. The van der Waals surface area contributed by atoms with Crippen molar-refractivity contribution in [2.24, 2.45) is 16.7 Å². The standard InChI is InChI=1S/C19H24O/c1-13(15-8-6-5-7-9-15)14(2)19-11-10-16(12-17(19)20)18(19,3)4/h5-9,16H,10-12H2,1-4H3. The highest BCUT2D eigenvalue weighted by Gasteiger charge is 2.64. The van der Waals surface area contributed by atoms with Crippen molar-refractivity contribution >= 4 is 11.4 Å². The monoisotopic (exact) mass is 268 g/mol. The first-order valence-corrected chi connectivity index (χ1v) is 7.68. The van der Waals surface area contributed by atoms with Gasteiger partial charge in [-0.2, -0.15) is 0 Å². The molecule has 2 aliphatic carbocycles. The van der Waals surface area contributed by atoms with E-state index in [1.54, 1.807) is 0 Å². The number of hydrogen-bond acceptors (Lipinski definition) is 1. The van der Waals surface area contributed by atoms with Gasteiger partial charge in [0, 0.05) is 6.42 Å². The molecule has 0 radical (unpaired) electrons. The molecule has 2 saturated carbocycles. The number of benzene rings is 1. The summed E-state index contributed by atoms with van der Waals surface area (Å²) in [4.78, 5) is 12.7. The fourth-order valence-corrected chi connectivity index (χ4v) is 4.78. The van der Waals surface area contributed by atoms with Gasteiger partial charge in [-0.25, -0.2) is 0 Å². The van der Waals surface area contributed by atoms with Crippen molar-refractivity contribution in [2.75, 3.05) is 0 Å². The predicted octanol–water partition coefficient (Wildman–Crippen LogP) is 4.88. The largest absolute Gasteiger partial charge is 0.299 e. The molecule has 2 aliphatic rings. The van der Waals surface area contributed by atoms with Crippen molar-refractivity contribution in [3.8, 4) is 0 Å². The van der Waals surface area contributed by atoms with Crippen LogP contribution in [0.5, 0.6) is 0 Å². The van der Waals surface area contributed by atoms with E-state index in [9.17, 15) is 4.79 Å². The summed E-state index contributed by atoms with van der Waals surface area (Å²) in [5, 5.41) is 0. The Morgan fingerprint density at radius 2 is 1.80 bits per heavy atom. The van der Waals surface area contributed by atoms with E-state index in [0.717, 1.165) is 12.8 Å². The Morgan fingerprint density at radius 3 is 2.30 bits per heavy atom. The zero-order valence-electron chi connectivity index (χ0n) is 13.0. The smallest absolute Gasteiger partial charge is 0.143 e. The predicted molar refractivity (Wildman–Crippen MR) is 83.3 cm³/mol. The summed E-state index contributed by atoms with van der Waals surface area (Å²) in [5.74, 6) is 1.06. The van der Waals surface area contributed by atoms with E-state index in [2.05, 4.69) is 52.0 Å². The molecule has 20 heavy (non-hydrogen) atoms. The second-order valence-electron chi connectivity index (χ2n) is 7.11. The molecule has 0 saturated heterocycles. The van der Waals surface area contributed by atoms with E-state index in [4.69, 9.17) is 0 Å². The second kappa shape index (κ2) is 4.31. The summed E-state index contributed by atoms with van der Waals surface area (Å²) < 4.78 is 0. The van der Waals surface area contributed by atoms with Crippen LogP contribution in [0, 0.1) is 16.7 Å². The zero-order valence-corrected chi connectivity index (χ0v) is 13.0. The SMILES string of the molecule is CC(=C(C)C12CCC(CC1=O)C2(C)C)c1ccccc1. The number of ketones is 1. The third-order valence-corrected chi connectivity index (χ3v) is 6.31. The van der Waals surface area contributed by atoms with Crippen LogP contribution in [0.2, 0.25) is 0 Å². The molecule has 1 heteroatoms. The molecule has 2 bridgehead atoms. The van der Waals surface area contributed by atoms with E-state index < -0.39 is 0 Å².